The zero-order valence-corrected chi connectivity index (χ0v) is 15.3. The van der Waals surface area contributed by atoms with Crippen molar-refractivity contribution in [1.29, 1.82) is 0 Å². The van der Waals surface area contributed by atoms with Crippen molar-refractivity contribution in [2.45, 2.75) is 41.0 Å². The van der Waals surface area contributed by atoms with Crippen LogP contribution in [0.5, 0.6) is 5.75 Å². The smallest absolute Gasteiger partial charge is 0.255 e. The molecule has 24 heavy (non-hydrogen) atoms. The molecule has 3 heteroatoms. The normalized spacial score (nSPS) is 10.8. The molecule has 0 spiro atoms. The van der Waals surface area contributed by atoms with Gasteiger partial charge in [-0.25, -0.2) is 0 Å². The van der Waals surface area contributed by atoms with Crippen molar-refractivity contribution in [1.82, 2.24) is 0 Å². The number of anilines is 1. The van der Waals surface area contributed by atoms with Gasteiger partial charge in [0.2, 0.25) is 0 Å². The van der Waals surface area contributed by atoms with Crippen molar-refractivity contribution in [2.75, 3.05) is 11.9 Å². The monoisotopic (exact) mass is 325 g/mol. The van der Waals surface area contributed by atoms with Gasteiger partial charge in [-0.2, -0.15) is 0 Å². The molecule has 0 aliphatic carbocycles. The number of nitrogens with one attached hydrogen (secondary N) is 1. The van der Waals surface area contributed by atoms with E-state index >= 15 is 0 Å². The van der Waals surface area contributed by atoms with E-state index in [0.717, 1.165) is 29.0 Å². The van der Waals surface area contributed by atoms with Gasteiger partial charge in [-0.1, -0.05) is 37.6 Å². The van der Waals surface area contributed by atoms with Crippen molar-refractivity contribution in [3.05, 3.63) is 58.7 Å². The summed E-state index contributed by atoms with van der Waals surface area (Å²) in [7, 11) is 0. The standard InChI is InChI=1S/C21H27NO2/c1-14(2)9-10-24-19-8-6-7-18(13-19)21(23)22-20-16(4)11-15(3)12-17(20)5/h6-8,11-14H,9-10H2,1-5H3,(H,22,23). The van der Waals surface area contributed by atoms with Gasteiger partial charge in [-0.3, -0.25) is 4.79 Å². The van der Waals surface area contributed by atoms with Crippen LogP contribution in [0.15, 0.2) is 36.4 Å². The molecule has 0 aromatic heterocycles. The Morgan fingerprint density at radius 3 is 2.38 bits per heavy atom. The Morgan fingerprint density at radius 1 is 1.08 bits per heavy atom. The number of aryl methyl sites for hydroxylation is 3. The van der Waals surface area contributed by atoms with Crippen LogP contribution in [0.1, 0.15) is 47.3 Å². The molecule has 0 fully saturated rings. The average Bonchev–Trinajstić information content (AvgIpc) is 2.50. The van der Waals surface area contributed by atoms with Gasteiger partial charge < -0.3 is 10.1 Å². The van der Waals surface area contributed by atoms with E-state index in [4.69, 9.17) is 4.74 Å². The van der Waals surface area contributed by atoms with E-state index in [1.165, 1.54) is 5.56 Å². The van der Waals surface area contributed by atoms with Crippen LogP contribution in [0.2, 0.25) is 0 Å². The summed E-state index contributed by atoms with van der Waals surface area (Å²) in [5.74, 6) is 1.23. The molecule has 0 heterocycles. The van der Waals surface area contributed by atoms with Gasteiger partial charge in [0.15, 0.2) is 0 Å². The molecule has 128 valence electrons. The molecular weight excluding hydrogens is 298 g/mol. The molecule has 0 saturated carbocycles. The Hall–Kier alpha value is -2.29. The molecule has 0 aliphatic heterocycles. The fraction of sp³-hybridized carbons (Fsp3) is 0.381. The number of carbonyl (C=O) groups excluding carboxylic acids is 1. The van der Waals surface area contributed by atoms with Crippen molar-refractivity contribution in [2.24, 2.45) is 5.92 Å². The van der Waals surface area contributed by atoms with E-state index in [0.29, 0.717) is 18.1 Å². The molecule has 2 aromatic rings. The van der Waals surface area contributed by atoms with E-state index in [9.17, 15) is 4.79 Å². The predicted octanol–water partition coefficient (Wildman–Crippen LogP) is 5.29. The van der Waals surface area contributed by atoms with Gasteiger partial charge >= 0.3 is 0 Å². The molecule has 1 N–H and O–H groups in total. The second-order valence-corrected chi connectivity index (χ2v) is 6.79. The van der Waals surface area contributed by atoms with Crippen LogP contribution in [-0.2, 0) is 0 Å². The zero-order valence-electron chi connectivity index (χ0n) is 15.3. The van der Waals surface area contributed by atoms with Gasteiger partial charge in [0.25, 0.3) is 5.91 Å². The minimum absolute atomic E-state index is 0.112. The maximum Gasteiger partial charge on any atom is 0.255 e. The van der Waals surface area contributed by atoms with E-state index < -0.39 is 0 Å². The van der Waals surface area contributed by atoms with Gasteiger partial charge in [-0.05, 0) is 62.4 Å². The quantitative estimate of drug-likeness (QED) is 0.783. The van der Waals surface area contributed by atoms with Crippen LogP contribution >= 0.6 is 0 Å². The molecule has 0 atom stereocenters. The Kier molecular flexibility index (Phi) is 6.02. The van der Waals surface area contributed by atoms with Crippen LogP contribution in [0, 0.1) is 26.7 Å². The van der Waals surface area contributed by atoms with Crippen LogP contribution in [-0.4, -0.2) is 12.5 Å². The Balaban J connectivity index is 2.10. The van der Waals surface area contributed by atoms with E-state index in [-0.39, 0.29) is 5.91 Å². The molecule has 1 amide bonds. The van der Waals surface area contributed by atoms with Crippen LogP contribution in [0.25, 0.3) is 0 Å². The highest BCUT2D eigenvalue weighted by Gasteiger charge is 2.11. The maximum absolute atomic E-state index is 12.6. The molecule has 0 unspecified atom stereocenters. The lowest BCUT2D eigenvalue weighted by molar-refractivity contribution is 0.102. The second kappa shape index (κ2) is 8.00. The molecule has 2 aromatic carbocycles. The molecule has 3 nitrogen and oxygen atoms in total. The van der Waals surface area contributed by atoms with Crippen LogP contribution in [0.4, 0.5) is 5.69 Å². The second-order valence-electron chi connectivity index (χ2n) is 6.79. The van der Waals surface area contributed by atoms with Crippen molar-refractivity contribution < 1.29 is 9.53 Å². The first-order valence-corrected chi connectivity index (χ1v) is 8.49. The van der Waals surface area contributed by atoms with E-state index in [1.807, 2.05) is 32.0 Å². The van der Waals surface area contributed by atoms with Crippen LogP contribution < -0.4 is 10.1 Å². The topological polar surface area (TPSA) is 38.3 Å². The number of amides is 1. The third-order valence-corrected chi connectivity index (χ3v) is 3.98. The lowest BCUT2D eigenvalue weighted by Gasteiger charge is -2.13. The lowest BCUT2D eigenvalue weighted by atomic mass is 10.0. The highest BCUT2D eigenvalue weighted by atomic mass is 16.5. The number of carbonyl (C=O) groups is 1. The summed E-state index contributed by atoms with van der Waals surface area (Å²) >= 11 is 0. The van der Waals surface area contributed by atoms with Gasteiger partial charge in [0, 0.05) is 11.3 Å². The van der Waals surface area contributed by atoms with Crippen LogP contribution in [0.3, 0.4) is 0 Å². The number of rotatable bonds is 6. The predicted molar refractivity (Wildman–Crippen MR) is 100.0 cm³/mol. The lowest BCUT2D eigenvalue weighted by Crippen LogP contribution is -2.14. The first-order valence-electron chi connectivity index (χ1n) is 8.49. The summed E-state index contributed by atoms with van der Waals surface area (Å²) in [6.45, 7) is 11.1. The Morgan fingerprint density at radius 2 is 1.75 bits per heavy atom. The molecule has 0 saturated heterocycles. The minimum atomic E-state index is -0.112. The summed E-state index contributed by atoms with van der Waals surface area (Å²) in [5, 5.41) is 3.03. The Labute approximate surface area is 145 Å². The Bertz CT molecular complexity index is 697. The fourth-order valence-electron chi connectivity index (χ4n) is 2.70. The van der Waals surface area contributed by atoms with Crippen molar-refractivity contribution in [3.8, 4) is 5.75 Å². The summed E-state index contributed by atoms with van der Waals surface area (Å²) in [5.41, 5.74) is 4.84. The highest BCUT2D eigenvalue weighted by Crippen LogP contribution is 2.23. The fourth-order valence-corrected chi connectivity index (χ4v) is 2.70. The highest BCUT2D eigenvalue weighted by molar-refractivity contribution is 6.05. The summed E-state index contributed by atoms with van der Waals surface area (Å²) in [6, 6.07) is 11.5. The molecule has 0 radical (unpaired) electrons. The van der Waals surface area contributed by atoms with Crippen molar-refractivity contribution in [3.63, 3.8) is 0 Å². The van der Waals surface area contributed by atoms with Gasteiger partial charge in [0.1, 0.15) is 5.75 Å². The minimum Gasteiger partial charge on any atom is -0.494 e. The third-order valence-electron chi connectivity index (χ3n) is 3.98. The van der Waals surface area contributed by atoms with Gasteiger partial charge in [-0.15, -0.1) is 0 Å². The number of benzene rings is 2. The number of ether oxygens (including phenoxy) is 1. The SMILES string of the molecule is Cc1cc(C)c(NC(=O)c2cccc(OCCC(C)C)c2)c(C)c1. The summed E-state index contributed by atoms with van der Waals surface area (Å²) < 4.78 is 5.74. The zero-order chi connectivity index (χ0) is 17.7. The van der Waals surface area contributed by atoms with E-state index in [1.54, 1.807) is 6.07 Å². The van der Waals surface area contributed by atoms with Crippen molar-refractivity contribution >= 4 is 11.6 Å². The maximum atomic E-state index is 12.6. The first kappa shape index (κ1) is 18.1. The average molecular weight is 325 g/mol. The largest absolute Gasteiger partial charge is 0.494 e. The molecule has 0 bridgehead atoms. The molecular formula is C21H27NO2. The number of hydrogen-bond donors (Lipinski definition) is 1. The first-order chi connectivity index (χ1) is 11.4. The molecule has 0 aliphatic rings. The number of hydrogen-bond acceptors (Lipinski definition) is 2. The summed E-state index contributed by atoms with van der Waals surface area (Å²) in [4.78, 5) is 12.6. The summed E-state index contributed by atoms with van der Waals surface area (Å²) in [6.07, 6.45) is 0.998. The van der Waals surface area contributed by atoms with Gasteiger partial charge in [0.05, 0.1) is 6.61 Å². The third kappa shape index (κ3) is 4.85. The van der Waals surface area contributed by atoms with E-state index in [2.05, 4.69) is 38.2 Å². The molecule has 2 rings (SSSR count).